The topological polar surface area (TPSA) is 64.0 Å². The number of rotatable bonds is 5. The summed E-state index contributed by atoms with van der Waals surface area (Å²) in [7, 11) is 0. The fourth-order valence-electron chi connectivity index (χ4n) is 3.38. The zero-order chi connectivity index (χ0) is 22.8. The van der Waals surface area contributed by atoms with Crippen LogP contribution >= 0.6 is 23.4 Å². The van der Waals surface area contributed by atoms with Crippen LogP contribution in [0.5, 0.6) is 0 Å². The highest BCUT2D eigenvalue weighted by atomic mass is 35.5. The Labute approximate surface area is 193 Å². The Kier molecular flexibility index (Phi) is 6.30. The highest BCUT2D eigenvalue weighted by molar-refractivity contribution is 7.99. The molecule has 4 aromatic rings. The maximum atomic E-state index is 13.4. The van der Waals surface area contributed by atoms with E-state index in [1.807, 2.05) is 38.1 Å². The summed E-state index contributed by atoms with van der Waals surface area (Å²) in [5.74, 6) is -0.880. The van der Waals surface area contributed by atoms with E-state index in [9.17, 15) is 14.0 Å². The van der Waals surface area contributed by atoms with Crippen LogP contribution < -0.4 is 10.9 Å². The van der Waals surface area contributed by atoms with Gasteiger partial charge in [-0.2, -0.15) is 0 Å². The Morgan fingerprint density at radius 1 is 1.12 bits per heavy atom. The van der Waals surface area contributed by atoms with Crippen LogP contribution in [-0.2, 0) is 4.79 Å². The number of anilines is 1. The summed E-state index contributed by atoms with van der Waals surface area (Å²) in [5, 5.41) is 3.52. The molecule has 8 heteroatoms. The zero-order valence-corrected chi connectivity index (χ0v) is 18.9. The first-order valence-electron chi connectivity index (χ1n) is 9.80. The van der Waals surface area contributed by atoms with Crippen molar-refractivity contribution < 1.29 is 9.18 Å². The Balaban J connectivity index is 1.68. The quantitative estimate of drug-likeness (QED) is 0.310. The molecule has 0 unspecified atom stereocenters. The molecule has 0 aliphatic rings. The van der Waals surface area contributed by atoms with Gasteiger partial charge in [0.25, 0.3) is 5.56 Å². The van der Waals surface area contributed by atoms with Crippen molar-refractivity contribution in [2.75, 3.05) is 11.1 Å². The zero-order valence-electron chi connectivity index (χ0n) is 17.4. The Morgan fingerprint density at radius 2 is 1.91 bits per heavy atom. The summed E-state index contributed by atoms with van der Waals surface area (Å²) >= 11 is 6.93. The monoisotopic (exact) mass is 467 g/mol. The van der Waals surface area contributed by atoms with Crippen LogP contribution in [0.3, 0.4) is 0 Å². The van der Waals surface area contributed by atoms with Gasteiger partial charge in [0.05, 0.1) is 27.4 Å². The third kappa shape index (κ3) is 4.54. The molecule has 1 aromatic heterocycles. The molecule has 1 N–H and O–H groups in total. The third-order valence-electron chi connectivity index (χ3n) is 4.87. The first-order chi connectivity index (χ1) is 15.3. The third-order valence-corrected chi connectivity index (χ3v) is 6.10. The van der Waals surface area contributed by atoms with E-state index in [1.165, 1.54) is 18.2 Å². The molecule has 32 heavy (non-hydrogen) atoms. The summed E-state index contributed by atoms with van der Waals surface area (Å²) in [6, 6.07) is 16.9. The van der Waals surface area contributed by atoms with Gasteiger partial charge in [0.2, 0.25) is 5.91 Å². The highest BCUT2D eigenvalue weighted by Crippen LogP contribution is 2.24. The molecule has 0 saturated carbocycles. The van der Waals surface area contributed by atoms with Gasteiger partial charge in [0.15, 0.2) is 5.16 Å². The molecule has 3 aromatic carbocycles. The van der Waals surface area contributed by atoms with Crippen molar-refractivity contribution in [1.29, 1.82) is 0 Å². The maximum Gasteiger partial charge on any atom is 0.266 e. The van der Waals surface area contributed by atoms with Gasteiger partial charge in [-0.15, -0.1) is 0 Å². The number of nitrogens with zero attached hydrogens (tertiary/aromatic N) is 2. The predicted molar refractivity (Wildman–Crippen MR) is 128 cm³/mol. The molecular formula is C24H19ClFN3O2S. The van der Waals surface area contributed by atoms with Gasteiger partial charge in [-0.1, -0.05) is 53.2 Å². The normalized spacial score (nSPS) is 11.0. The molecule has 0 radical (unpaired) electrons. The van der Waals surface area contributed by atoms with E-state index in [4.69, 9.17) is 11.6 Å². The standard InChI is InChI=1S/C24H19ClFN3O2S/c1-14-7-10-21(15(2)11-14)29-23(31)17-5-3-4-6-20(17)28-24(29)32-13-22(30)27-16-8-9-19(26)18(25)12-16/h3-12H,13H2,1-2H3,(H,27,30). The maximum absolute atomic E-state index is 13.4. The number of benzene rings is 3. The SMILES string of the molecule is Cc1ccc(-n2c(SCC(=O)Nc3ccc(F)c(Cl)c3)nc3ccccc3c2=O)c(C)c1. The molecule has 0 spiro atoms. The summed E-state index contributed by atoms with van der Waals surface area (Å²) < 4.78 is 14.9. The van der Waals surface area contributed by atoms with Crippen LogP contribution in [0.25, 0.3) is 16.6 Å². The van der Waals surface area contributed by atoms with E-state index in [0.717, 1.165) is 22.9 Å². The molecule has 0 aliphatic heterocycles. The minimum Gasteiger partial charge on any atom is -0.325 e. The number of nitrogens with one attached hydrogen (secondary N) is 1. The van der Waals surface area contributed by atoms with Crippen LogP contribution in [0.4, 0.5) is 10.1 Å². The molecular weight excluding hydrogens is 449 g/mol. The fourth-order valence-corrected chi connectivity index (χ4v) is 4.37. The van der Waals surface area contributed by atoms with Gasteiger partial charge in [-0.3, -0.25) is 14.2 Å². The number of hydrogen-bond acceptors (Lipinski definition) is 4. The van der Waals surface area contributed by atoms with E-state index >= 15 is 0 Å². The average molecular weight is 468 g/mol. The van der Waals surface area contributed by atoms with E-state index < -0.39 is 5.82 Å². The van der Waals surface area contributed by atoms with E-state index in [0.29, 0.717) is 27.4 Å². The second kappa shape index (κ2) is 9.14. The molecule has 0 atom stereocenters. The number of aryl methyl sites for hydroxylation is 2. The van der Waals surface area contributed by atoms with Crippen LogP contribution in [0.1, 0.15) is 11.1 Å². The van der Waals surface area contributed by atoms with Crippen molar-refractivity contribution in [1.82, 2.24) is 9.55 Å². The number of carbonyl (C=O) groups is 1. The van der Waals surface area contributed by atoms with Crippen molar-refractivity contribution >= 4 is 45.9 Å². The second-order valence-electron chi connectivity index (χ2n) is 7.31. The van der Waals surface area contributed by atoms with E-state index in [2.05, 4.69) is 10.3 Å². The first kappa shape index (κ1) is 22.0. The van der Waals surface area contributed by atoms with Crippen LogP contribution in [0.15, 0.2) is 70.6 Å². The second-order valence-corrected chi connectivity index (χ2v) is 8.66. The minimum atomic E-state index is -0.558. The highest BCUT2D eigenvalue weighted by Gasteiger charge is 2.16. The molecule has 4 rings (SSSR count). The number of halogens is 2. The van der Waals surface area contributed by atoms with Gasteiger partial charge < -0.3 is 5.32 Å². The first-order valence-corrected chi connectivity index (χ1v) is 11.2. The summed E-state index contributed by atoms with van der Waals surface area (Å²) in [4.78, 5) is 30.5. The number of para-hydroxylation sites is 1. The number of carbonyl (C=O) groups excluding carboxylic acids is 1. The van der Waals surface area contributed by atoms with Gasteiger partial charge in [0, 0.05) is 5.69 Å². The van der Waals surface area contributed by atoms with Crippen LogP contribution in [-0.4, -0.2) is 21.2 Å². The van der Waals surface area contributed by atoms with Crippen molar-refractivity contribution in [3.05, 3.63) is 93.0 Å². The smallest absolute Gasteiger partial charge is 0.266 e. The Hall–Kier alpha value is -3.16. The Bertz CT molecular complexity index is 1400. The number of hydrogen-bond donors (Lipinski definition) is 1. The lowest BCUT2D eigenvalue weighted by molar-refractivity contribution is -0.113. The van der Waals surface area contributed by atoms with Crippen LogP contribution in [0, 0.1) is 19.7 Å². The van der Waals surface area contributed by atoms with Crippen molar-refractivity contribution in [3.8, 4) is 5.69 Å². The van der Waals surface area contributed by atoms with E-state index in [-0.39, 0.29) is 22.2 Å². The number of amides is 1. The van der Waals surface area contributed by atoms with Crippen molar-refractivity contribution in [3.63, 3.8) is 0 Å². The predicted octanol–water partition coefficient (Wildman–Crippen LogP) is 5.53. The lowest BCUT2D eigenvalue weighted by atomic mass is 10.1. The lowest BCUT2D eigenvalue weighted by Gasteiger charge is -2.15. The lowest BCUT2D eigenvalue weighted by Crippen LogP contribution is -2.23. The largest absolute Gasteiger partial charge is 0.325 e. The summed E-state index contributed by atoms with van der Waals surface area (Å²) in [6.45, 7) is 3.92. The van der Waals surface area contributed by atoms with Gasteiger partial charge >= 0.3 is 0 Å². The number of thioether (sulfide) groups is 1. The molecule has 0 saturated heterocycles. The number of fused-ring (bicyclic) bond motifs is 1. The van der Waals surface area contributed by atoms with Gasteiger partial charge in [-0.05, 0) is 55.8 Å². The molecule has 0 fully saturated rings. The summed E-state index contributed by atoms with van der Waals surface area (Å²) in [6.07, 6.45) is 0. The fraction of sp³-hybridized carbons (Fsp3) is 0.125. The van der Waals surface area contributed by atoms with Crippen LogP contribution in [0.2, 0.25) is 5.02 Å². The average Bonchev–Trinajstić information content (AvgIpc) is 2.76. The molecule has 162 valence electrons. The molecule has 0 bridgehead atoms. The minimum absolute atomic E-state index is 0.00465. The van der Waals surface area contributed by atoms with E-state index in [1.54, 1.807) is 22.8 Å². The molecule has 1 amide bonds. The van der Waals surface area contributed by atoms with Gasteiger partial charge in [0.1, 0.15) is 5.82 Å². The van der Waals surface area contributed by atoms with Gasteiger partial charge in [-0.25, -0.2) is 9.37 Å². The Morgan fingerprint density at radius 3 is 2.66 bits per heavy atom. The van der Waals surface area contributed by atoms with Crippen molar-refractivity contribution in [2.24, 2.45) is 0 Å². The molecule has 0 aliphatic carbocycles. The summed E-state index contributed by atoms with van der Waals surface area (Å²) in [5.41, 5.74) is 3.48. The van der Waals surface area contributed by atoms with Crippen molar-refractivity contribution in [2.45, 2.75) is 19.0 Å². The molecule has 5 nitrogen and oxygen atoms in total. The number of aromatic nitrogens is 2. The molecule has 1 heterocycles.